The van der Waals surface area contributed by atoms with Gasteiger partial charge in [0.2, 0.25) is 0 Å². The first kappa shape index (κ1) is 8.33. The van der Waals surface area contributed by atoms with Gasteiger partial charge in [0, 0.05) is 6.42 Å². The highest BCUT2D eigenvalue weighted by molar-refractivity contribution is 5.83. The van der Waals surface area contributed by atoms with Crippen molar-refractivity contribution in [3.63, 3.8) is 0 Å². The standard InChI is InChI=1S/C10H14O/c1-2-9-7-5-3-4-6-8-10(9)11/h1,9H,3-8H2. The fourth-order valence-corrected chi connectivity index (χ4v) is 1.51. The van der Waals surface area contributed by atoms with E-state index in [0.29, 0.717) is 6.42 Å². The van der Waals surface area contributed by atoms with Crippen LogP contribution in [-0.4, -0.2) is 5.78 Å². The van der Waals surface area contributed by atoms with Gasteiger partial charge in [-0.2, -0.15) is 0 Å². The zero-order chi connectivity index (χ0) is 8.10. The van der Waals surface area contributed by atoms with Crippen LogP contribution in [-0.2, 0) is 4.79 Å². The van der Waals surface area contributed by atoms with Crippen molar-refractivity contribution in [3.05, 3.63) is 0 Å². The third-order valence-electron chi connectivity index (χ3n) is 2.26. The van der Waals surface area contributed by atoms with E-state index in [4.69, 9.17) is 6.42 Å². The minimum Gasteiger partial charge on any atom is -0.298 e. The Morgan fingerprint density at radius 1 is 1.27 bits per heavy atom. The summed E-state index contributed by atoms with van der Waals surface area (Å²) in [6.45, 7) is 0. The molecule has 0 aromatic heterocycles. The van der Waals surface area contributed by atoms with Crippen LogP contribution in [0.1, 0.15) is 38.5 Å². The predicted octanol–water partition coefficient (Wildman–Crippen LogP) is 2.16. The maximum atomic E-state index is 11.3. The van der Waals surface area contributed by atoms with E-state index in [2.05, 4.69) is 5.92 Å². The van der Waals surface area contributed by atoms with E-state index in [1.807, 2.05) is 0 Å². The number of terminal acetylenes is 1. The zero-order valence-corrected chi connectivity index (χ0v) is 6.81. The van der Waals surface area contributed by atoms with Gasteiger partial charge in [0.15, 0.2) is 0 Å². The molecule has 0 radical (unpaired) electrons. The average molecular weight is 150 g/mol. The highest BCUT2D eigenvalue weighted by Gasteiger charge is 2.16. The van der Waals surface area contributed by atoms with Crippen molar-refractivity contribution >= 4 is 5.78 Å². The Kier molecular flexibility index (Phi) is 3.16. The molecule has 1 rings (SSSR count). The topological polar surface area (TPSA) is 17.1 Å². The number of Topliss-reactive ketones (excluding diaryl/α,β-unsaturated/α-hetero) is 1. The van der Waals surface area contributed by atoms with Gasteiger partial charge in [-0.05, 0) is 12.8 Å². The molecule has 0 saturated heterocycles. The van der Waals surface area contributed by atoms with E-state index >= 15 is 0 Å². The number of rotatable bonds is 0. The highest BCUT2D eigenvalue weighted by Crippen LogP contribution is 2.18. The SMILES string of the molecule is C#CC1CCCCCCC1=O. The van der Waals surface area contributed by atoms with Crippen LogP contribution in [0.15, 0.2) is 0 Å². The van der Waals surface area contributed by atoms with Crippen LogP contribution in [0.5, 0.6) is 0 Å². The lowest BCUT2D eigenvalue weighted by molar-refractivity contribution is -0.121. The maximum Gasteiger partial charge on any atom is 0.147 e. The normalized spacial score (nSPS) is 26.8. The van der Waals surface area contributed by atoms with E-state index in [9.17, 15) is 4.79 Å². The molecule has 0 N–H and O–H groups in total. The molecule has 0 aromatic rings. The fourth-order valence-electron chi connectivity index (χ4n) is 1.51. The molecular formula is C10H14O. The monoisotopic (exact) mass is 150 g/mol. The molecular weight excluding hydrogens is 136 g/mol. The molecule has 0 aliphatic heterocycles. The molecule has 0 amide bonds. The Labute approximate surface area is 68.2 Å². The van der Waals surface area contributed by atoms with Gasteiger partial charge in [-0.15, -0.1) is 6.42 Å². The fraction of sp³-hybridized carbons (Fsp3) is 0.700. The molecule has 11 heavy (non-hydrogen) atoms. The first-order valence-electron chi connectivity index (χ1n) is 4.33. The first-order chi connectivity index (χ1) is 5.34. The maximum absolute atomic E-state index is 11.3. The van der Waals surface area contributed by atoms with Crippen molar-refractivity contribution < 1.29 is 4.79 Å². The molecule has 0 aromatic carbocycles. The molecule has 0 spiro atoms. The second-order valence-corrected chi connectivity index (χ2v) is 3.14. The van der Waals surface area contributed by atoms with Crippen LogP contribution < -0.4 is 0 Å². The van der Waals surface area contributed by atoms with Crippen LogP contribution in [0.25, 0.3) is 0 Å². The van der Waals surface area contributed by atoms with Crippen molar-refractivity contribution in [2.24, 2.45) is 5.92 Å². The molecule has 1 aliphatic rings. The number of ketones is 1. The van der Waals surface area contributed by atoms with Crippen molar-refractivity contribution in [3.8, 4) is 12.3 Å². The second-order valence-electron chi connectivity index (χ2n) is 3.14. The lowest BCUT2D eigenvalue weighted by atomic mass is 9.91. The lowest BCUT2D eigenvalue weighted by Gasteiger charge is -2.12. The van der Waals surface area contributed by atoms with Crippen molar-refractivity contribution in [1.29, 1.82) is 0 Å². The summed E-state index contributed by atoms with van der Waals surface area (Å²) in [7, 11) is 0. The Hall–Kier alpha value is -0.770. The predicted molar refractivity (Wildman–Crippen MR) is 45.0 cm³/mol. The summed E-state index contributed by atoms with van der Waals surface area (Å²) in [6.07, 6.45) is 11.5. The minimum atomic E-state index is -0.0738. The summed E-state index contributed by atoms with van der Waals surface area (Å²) in [5, 5.41) is 0. The Morgan fingerprint density at radius 3 is 2.73 bits per heavy atom. The third-order valence-corrected chi connectivity index (χ3v) is 2.26. The van der Waals surface area contributed by atoms with Gasteiger partial charge in [0.05, 0.1) is 5.92 Å². The van der Waals surface area contributed by atoms with E-state index < -0.39 is 0 Å². The Bertz CT molecular complexity index is 176. The van der Waals surface area contributed by atoms with Gasteiger partial charge in [-0.25, -0.2) is 0 Å². The first-order valence-corrected chi connectivity index (χ1v) is 4.33. The lowest BCUT2D eigenvalue weighted by Crippen LogP contribution is -2.14. The number of hydrogen-bond donors (Lipinski definition) is 0. The molecule has 60 valence electrons. The summed E-state index contributed by atoms with van der Waals surface area (Å²) in [5.74, 6) is 2.78. The summed E-state index contributed by atoms with van der Waals surface area (Å²) < 4.78 is 0. The number of carbonyl (C=O) groups is 1. The molecule has 1 fully saturated rings. The van der Waals surface area contributed by atoms with Gasteiger partial charge in [-0.3, -0.25) is 4.79 Å². The summed E-state index contributed by atoms with van der Waals surface area (Å²) in [4.78, 5) is 11.3. The summed E-state index contributed by atoms with van der Waals surface area (Å²) in [6, 6.07) is 0. The summed E-state index contributed by atoms with van der Waals surface area (Å²) >= 11 is 0. The molecule has 1 atom stereocenters. The quantitative estimate of drug-likeness (QED) is 0.483. The van der Waals surface area contributed by atoms with E-state index in [0.717, 1.165) is 19.3 Å². The Morgan fingerprint density at radius 2 is 2.00 bits per heavy atom. The van der Waals surface area contributed by atoms with Gasteiger partial charge >= 0.3 is 0 Å². The smallest absolute Gasteiger partial charge is 0.147 e. The van der Waals surface area contributed by atoms with Crippen molar-refractivity contribution in [1.82, 2.24) is 0 Å². The van der Waals surface area contributed by atoms with E-state index in [-0.39, 0.29) is 11.7 Å². The van der Waals surface area contributed by atoms with Crippen LogP contribution in [0.2, 0.25) is 0 Å². The molecule has 0 bridgehead atoms. The van der Waals surface area contributed by atoms with E-state index in [1.54, 1.807) is 0 Å². The average Bonchev–Trinajstić information content (AvgIpc) is 1.98. The molecule has 1 saturated carbocycles. The van der Waals surface area contributed by atoms with Crippen LogP contribution in [0.3, 0.4) is 0 Å². The number of hydrogen-bond acceptors (Lipinski definition) is 1. The third kappa shape index (κ3) is 2.38. The number of carbonyl (C=O) groups excluding carboxylic acids is 1. The zero-order valence-electron chi connectivity index (χ0n) is 6.81. The Balaban J connectivity index is 2.48. The van der Waals surface area contributed by atoms with Crippen LogP contribution in [0.4, 0.5) is 0 Å². The van der Waals surface area contributed by atoms with Crippen molar-refractivity contribution in [2.45, 2.75) is 38.5 Å². The highest BCUT2D eigenvalue weighted by atomic mass is 16.1. The van der Waals surface area contributed by atoms with Gasteiger partial charge in [0.1, 0.15) is 5.78 Å². The second kappa shape index (κ2) is 4.18. The van der Waals surface area contributed by atoms with Gasteiger partial charge < -0.3 is 0 Å². The minimum absolute atomic E-state index is 0.0738. The molecule has 1 nitrogen and oxygen atoms in total. The van der Waals surface area contributed by atoms with E-state index in [1.165, 1.54) is 12.8 Å². The summed E-state index contributed by atoms with van der Waals surface area (Å²) in [5.41, 5.74) is 0. The van der Waals surface area contributed by atoms with Crippen LogP contribution in [0, 0.1) is 18.3 Å². The van der Waals surface area contributed by atoms with Crippen molar-refractivity contribution in [2.75, 3.05) is 0 Å². The molecule has 1 aliphatic carbocycles. The van der Waals surface area contributed by atoms with Gasteiger partial charge in [-0.1, -0.05) is 25.2 Å². The largest absolute Gasteiger partial charge is 0.298 e. The van der Waals surface area contributed by atoms with Crippen LogP contribution >= 0.6 is 0 Å². The molecule has 1 unspecified atom stereocenters. The molecule has 0 heterocycles. The van der Waals surface area contributed by atoms with Gasteiger partial charge in [0.25, 0.3) is 0 Å². The molecule has 1 heteroatoms.